The van der Waals surface area contributed by atoms with Crippen LogP contribution in [0.1, 0.15) is 65.7 Å². The topological polar surface area (TPSA) is 15.3 Å². The lowest BCUT2D eigenvalue weighted by Crippen LogP contribution is -2.47. The maximum atomic E-state index is 3.49. The highest BCUT2D eigenvalue weighted by Crippen LogP contribution is 2.31. The SMILES string of the molecule is CCC1CCCC(N(CC2CCNCC2)C(C)C)C1. The summed E-state index contributed by atoms with van der Waals surface area (Å²) in [4.78, 5) is 2.85. The summed E-state index contributed by atoms with van der Waals surface area (Å²) in [7, 11) is 0. The fourth-order valence-electron chi connectivity index (χ4n) is 4.08. The first-order valence-corrected chi connectivity index (χ1v) is 8.67. The molecule has 0 bridgehead atoms. The summed E-state index contributed by atoms with van der Waals surface area (Å²) in [5.74, 6) is 1.93. The Labute approximate surface area is 120 Å². The van der Waals surface area contributed by atoms with Crippen LogP contribution in [0.4, 0.5) is 0 Å². The smallest absolute Gasteiger partial charge is 0.0101 e. The summed E-state index contributed by atoms with van der Waals surface area (Å²) in [5.41, 5.74) is 0. The molecule has 1 saturated heterocycles. The Bertz CT molecular complexity index is 246. The molecule has 0 radical (unpaired) electrons. The molecule has 2 nitrogen and oxygen atoms in total. The molecule has 0 spiro atoms. The van der Waals surface area contributed by atoms with Gasteiger partial charge in [-0.15, -0.1) is 0 Å². The number of hydrogen-bond acceptors (Lipinski definition) is 2. The number of nitrogens with one attached hydrogen (secondary N) is 1. The Morgan fingerprint density at radius 3 is 2.42 bits per heavy atom. The zero-order chi connectivity index (χ0) is 13.7. The van der Waals surface area contributed by atoms with E-state index in [-0.39, 0.29) is 0 Å². The zero-order valence-electron chi connectivity index (χ0n) is 13.3. The fourth-order valence-corrected chi connectivity index (χ4v) is 4.08. The minimum atomic E-state index is 0.718. The molecule has 1 aliphatic heterocycles. The van der Waals surface area contributed by atoms with Crippen molar-refractivity contribution in [1.82, 2.24) is 10.2 Å². The summed E-state index contributed by atoms with van der Waals surface area (Å²) in [6, 6.07) is 1.59. The molecule has 2 rings (SSSR count). The van der Waals surface area contributed by atoms with Gasteiger partial charge >= 0.3 is 0 Å². The van der Waals surface area contributed by atoms with Crippen LogP contribution in [0.3, 0.4) is 0 Å². The molecule has 2 unspecified atom stereocenters. The molecular formula is C17H34N2. The highest BCUT2D eigenvalue weighted by molar-refractivity contribution is 4.84. The van der Waals surface area contributed by atoms with Crippen molar-refractivity contribution in [3.05, 3.63) is 0 Å². The molecule has 2 heteroatoms. The van der Waals surface area contributed by atoms with Crippen LogP contribution in [0.5, 0.6) is 0 Å². The van der Waals surface area contributed by atoms with Crippen molar-refractivity contribution < 1.29 is 0 Å². The quantitative estimate of drug-likeness (QED) is 0.817. The van der Waals surface area contributed by atoms with Crippen molar-refractivity contribution in [2.24, 2.45) is 11.8 Å². The van der Waals surface area contributed by atoms with Gasteiger partial charge in [0.05, 0.1) is 0 Å². The van der Waals surface area contributed by atoms with Gasteiger partial charge in [0.25, 0.3) is 0 Å². The fraction of sp³-hybridized carbons (Fsp3) is 1.00. The Morgan fingerprint density at radius 2 is 1.79 bits per heavy atom. The average Bonchev–Trinajstić information content (AvgIpc) is 2.45. The number of nitrogens with zero attached hydrogens (tertiary/aromatic N) is 1. The van der Waals surface area contributed by atoms with Crippen LogP contribution in [-0.4, -0.2) is 36.6 Å². The van der Waals surface area contributed by atoms with Crippen LogP contribution in [0.2, 0.25) is 0 Å². The highest BCUT2D eigenvalue weighted by Gasteiger charge is 2.29. The van der Waals surface area contributed by atoms with E-state index >= 15 is 0 Å². The molecule has 1 saturated carbocycles. The molecule has 1 aliphatic carbocycles. The van der Waals surface area contributed by atoms with E-state index in [1.807, 2.05) is 0 Å². The van der Waals surface area contributed by atoms with E-state index < -0.39 is 0 Å². The maximum absolute atomic E-state index is 3.49. The summed E-state index contributed by atoms with van der Waals surface area (Å²) < 4.78 is 0. The Balaban J connectivity index is 1.90. The predicted octanol–water partition coefficient (Wildman–Crippen LogP) is 3.67. The molecular weight excluding hydrogens is 232 g/mol. The van der Waals surface area contributed by atoms with Crippen LogP contribution < -0.4 is 5.32 Å². The standard InChI is InChI=1S/C17H34N2/c1-4-15-6-5-7-17(12-15)19(14(2)3)13-16-8-10-18-11-9-16/h14-18H,4-13H2,1-3H3. The monoisotopic (exact) mass is 266 g/mol. The van der Waals surface area contributed by atoms with Crippen LogP contribution >= 0.6 is 0 Å². The van der Waals surface area contributed by atoms with Gasteiger partial charge in [-0.05, 0) is 64.5 Å². The van der Waals surface area contributed by atoms with Crippen molar-refractivity contribution in [1.29, 1.82) is 0 Å². The van der Waals surface area contributed by atoms with Gasteiger partial charge in [0.15, 0.2) is 0 Å². The lowest BCUT2D eigenvalue weighted by Gasteiger charge is -2.42. The van der Waals surface area contributed by atoms with E-state index in [2.05, 4.69) is 31.0 Å². The highest BCUT2D eigenvalue weighted by atomic mass is 15.2. The van der Waals surface area contributed by atoms with Gasteiger partial charge in [-0.2, -0.15) is 0 Å². The van der Waals surface area contributed by atoms with Gasteiger partial charge in [-0.1, -0.05) is 26.2 Å². The first-order chi connectivity index (χ1) is 9.20. The van der Waals surface area contributed by atoms with E-state index in [1.54, 1.807) is 0 Å². The van der Waals surface area contributed by atoms with Gasteiger partial charge in [-0.3, -0.25) is 4.90 Å². The molecule has 0 aromatic rings. The first-order valence-electron chi connectivity index (χ1n) is 8.67. The molecule has 19 heavy (non-hydrogen) atoms. The number of hydrogen-bond donors (Lipinski definition) is 1. The maximum Gasteiger partial charge on any atom is 0.0101 e. The molecule has 112 valence electrons. The normalized spacial score (nSPS) is 30.2. The molecule has 0 amide bonds. The Kier molecular flexibility index (Phi) is 6.15. The second-order valence-electron chi connectivity index (χ2n) is 7.08. The summed E-state index contributed by atoms with van der Waals surface area (Å²) in [6.45, 7) is 11.0. The van der Waals surface area contributed by atoms with Crippen molar-refractivity contribution in [2.75, 3.05) is 19.6 Å². The van der Waals surface area contributed by atoms with Crippen LogP contribution in [-0.2, 0) is 0 Å². The lowest BCUT2D eigenvalue weighted by atomic mass is 9.82. The minimum Gasteiger partial charge on any atom is -0.317 e. The van der Waals surface area contributed by atoms with Gasteiger partial charge < -0.3 is 5.32 Å². The predicted molar refractivity (Wildman–Crippen MR) is 83.5 cm³/mol. The lowest BCUT2D eigenvalue weighted by molar-refractivity contribution is 0.0749. The van der Waals surface area contributed by atoms with E-state index in [9.17, 15) is 0 Å². The first kappa shape index (κ1) is 15.3. The third kappa shape index (κ3) is 4.46. The van der Waals surface area contributed by atoms with Gasteiger partial charge in [0.1, 0.15) is 0 Å². The minimum absolute atomic E-state index is 0.718. The summed E-state index contributed by atoms with van der Waals surface area (Å²) in [5, 5.41) is 3.49. The van der Waals surface area contributed by atoms with Gasteiger partial charge in [0.2, 0.25) is 0 Å². The zero-order valence-corrected chi connectivity index (χ0v) is 13.3. The van der Waals surface area contributed by atoms with Crippen LogP contribution in [0.15, 0.2) is 0 Å². The Hall–Kier alpha value is -0.0800. The third-order valence-corrected chi connectivity index (χ3v) is 5.39. The molecule has 1 N–H and O–H groups in total. The molecule has 2 aliphatic rings. The Morgan fingerprint density at radius 1 is 1.05 bits per heavy atom. The molecule has 0 aromatic carbocycles. The second kappa shape index (κ2) is 7.64. The van der Waals surface area contributed by atoms with Crippen molar-refractivity contribution >= 4 is 0 Å². The van der Waals surface area contributed by atoms with E-state index in [1.165, 1.54) is 64.6 Å². The van der Waals surface area contributed by atoms with Gasteiger partial charge in [0, 0.05) is 18.6 Å². The van der Waals surface area contributed by atoms with Gasteiger partial charge in [-0.25, -0.2) is 0 Å². The second-order valence-corrected chi connectivity index (χ2v) is 7.08. The van der Waals surface area contributed by atoms with Crippen molar-refractivity contribution in [2.45, 2.75) is 77.8 Å². The molecule has 2 fully saturated rings. The average molecular weight is 266 g/mol. The molecule has 0 aromatic heterocycles. The third-order valence-electron chi connectivity index (χ3n) is 5.39. The van der Waals surface area contributed by atoms with E-state index in [4.69, 9.17) is 0 Å². The summed E-state index contributed by atoms with van der Waals surface area (Å²) >= 11 is 0. The van der Waals surface area contributed by atoms with E-state index in [0.29, 0.717) is 0 Å². The largest absolute Gasteiger partial charge is 0.317 e. The molecule has 1 heterocycles. The molecule has 2 atom stereocenters. The van der Waals surface area contributed by atoms with E-state index in [0.717, 1.165) is 23.9 Å². The number of piperidine rings is 1. The van der Waals surface area contributed by atoms with Crippen LogP contribution in [0, 0.1) is 11.8 Å². The van der Waals surface area contributed by atoms with Crippen molar-refractivity contribution in [3.63, 3.8) is 0 Å². The van der Waals surface area contributed by atoms with Crippen LogP contribution in [0.25, 0.3) is 0 Å². The van der Waals surface area contributed by atoms with Crippen molar-refractivity contribution in [3.8, 4) is 0 Å². The number of rotatable bonds is 5. The summed E-state index contributed by atoms with van der Waals surface area (Å²) in [6.07, 6.45) is 9.99.